The zero-order valence-electron chi connectivity index (χ0n) is 13.6. The highest BCUT2D eigenvalue weighted by atomic mass is 35.5. The average molecular weight is 342 g/mol. The molecule has 1 amide bonds. The fourth-order valence-corrected chi connectivity index (χ4v) is 3.49. The van der Waals surface area contributed by atoms with Crippen molar-refractivity contribution in [2.75, 3.05) is 12.4 Å². The molecule has 1 aliphatic heterocycles. The summed E-state index contributed by atoms with van der Waals surface area (Å²) in [4.78, 5) is 12.7. The number of carbonyl (C=O) groups excluding carboxylic acids is 1. The first-order valence-electron chi connectivity index (χ1n) is 7.96. The number of amides is 1. The number of methoxy groups -OCH3 is 1. The molecule has 4 heteroatoms. The Labute approximate surface area is 147 Å². The van der Waals surface area contributed by atoms with Gasteiger partial charge in [-0.2, -0.15) is 0 Å². The number of allylic oxidation sites excluding steroid dienone is 1. The largest absolute Gasteiger partial charge is 0.497 e. The second-order valence-electron chi connectivity index (χ2n) is 6.01. The Hall–Kier alpha value is -2.26. The third kappa shape index (κ3) is 3.31. The van der Waals surface area contributed by atoms with Crippen molar-refractivity contribution < 1.29 is 9.53 Å². The molecule has 0 fully saturated rings. The van der Waals surface area contributed by atoms with E-state index in [0.717, 1.165) is 29.0 Å². The van der Waals surface area contributed by atoms with Crippen LogP contribution in [0.3, 0.4) is 0 Å². The zero-order chi connectivity index (χ0) is 17.1. The summed E-state index contributed by atoms with van der Waals surface area (Å²) in [6.45, 7) is 3.82. The quantitative estimate of drug-likeness (QED) is 0.810. The molecule has 2 atom stereocenters. The molecule has 0 radical (unpaired) electrons. The van der Waals surface area contributed by atoms with Crippen molar-refractivity contribution >= 4 is 23.2 Å². The number of rotatable bonds is 4. The van der Waals surface area contributed by atoms with Crippen LogP contribution in [0.1, 0.15) is 23.5 Å². The monoisotopic (exact) mass is 341 g/mol. The first-order chi connectivity index (χ1) is 11.6. The standard InChI is InChI=1S/C20H20ClNO2/c1-3-4-17-18(13-5-8-16(24-2)9-6-13)12-14-11-15(21)7-10-19(14)22-20(17)23/h3,5-11,17-18H,1,4,12H2,2H3,(H,22,23). The number of ether oxygens (including phenoxy) is 1. The molecule has 0 saturated carbocycles. The highest BCUT2D eigenvalue weighted by Gasteiger charge is 2.32. The summed E-state index contributed by atoms with van der Waals surface area (Å²) in [6, 6.07) is 13.5. The third-order valence-corrected chi connectivity index (χ3v) is 4.79. The Balaban J connectivity index is 2.03. The molecule has 0 saturated heterocycles. The van der Waals surface area contributed by atoms with Crippen LogP contribution >= 0.6 is 11.6 Å². The molecule has 0 spiro atoms. The average Bonchev–Trinajstić information content (AvgIpc) is 2.72. The van der Waals surface area contributed by atoms with Gasteiger partial charge in [-0.15, -0.1) is 6.58 Å². The lowest BCUT2D eigenvalue weighted by molar-refractivity contribution is -0.120. The fourth-order valence-electron chi connectivity index (χ4n) is 3.29. The molecule has 1 heterocycles. The molecule has 3 rings (SSSR count). The maximum absolute atomic E-state index is 12.7. The molecule has 3 nitrogen and oxygen atoms in total. The van der Waals surface area contributed by atoms with Gasteiger partial charge in [0.25, 0.3) is 0 Å². The van der Waals surface area contributed by atoms with Gasteiger partial charge in [0.05, 0.1) is 7.11 Å². The van der Waals surface area contributed by atoms with E-state index in [9.17, 15) is 4.79 Å². The summed E-state index contributed by atoms with van der Waals surface area (Å²) in [5, 5.41) is 3.72. The maximum Gasteiger partial charge on any atom is 0.228 e. The summed E-state index contributed by atoms with van der Waals surface area (Å²) in [7, 11) is 1.65. The molecule has 0 bridgehead atoms. The second kappa shape index (κ2) is 7.10. The SMILES string of the molecule is C=CCC1C(=O)Nc2ccc(Cl)cc2CC1c1ccc(OC)cc1. The van der Waals surface area contributed by atoms with Crippen LogP contribution in [0.15, 0.2) is 55.1 Å². The molecule has 24 heavy (non-hydrogen) atoms. The summed E-state index contributed by atoms with van der Waals surface area (Å²) in [6.07, 6.45) is 3.19. The van der Waals surface area contributed by atoms with E-state index in [1.165, 1.54) is 0 Å². The Bertz CT molecular complexity index is 755. The number of halogens is 1. The molecule has 0 aliphatic carbocycles. The van der Waals surface area contributed by atoms with Crippen molar-refractivity contribution in [3.05, 3.63) is 71.3 Å². The van der Waals surface area contributed by atoms with Crippen LogP contribution in [-0.4, -0.2) is 13.0 Å². The van der Waals surface area contributed by atoms with E-state index < -0.39 is 0 Å². The topological polar surface area (TPSA) is 38.3 Å². The zero-order valence-corrected chi connectivity index (χ0v) is 14.3. The van der Waals surface area contributed by atoms with Crippen molar-refractivity contribution in [3.8, 4) is 5.75 Å². The molecule has 2 aromatic carbocycles. The van der Waals surface area contributed by atoms with E-state index in [4.69, 9.17) is 16.3 Å². The first kappa shape index (κ1) is 16.6. The molecular formula is C20H20ClNO2. The summed E-state index contributed by atoms with van der Waals surface area (Å²) in [5.41, 5.74) is 3.02. The molecule has 124 valence electrons. The Morgan fingerprint density at radius 1 is 1.29 bits per heavy atom. The minimum atomic E-state index is -0.165. The van der Waals surface area contributed by atoms with Gasteiger partial charge in [0.15, 0.2) is 0 Å². The van der Waals surface area contributed by atoms with E-state index in [1.807, 2.05) is 42.5 Å². The van der Waals surface area contributed by atoms with Gasteiger partial charge in [0.2, 0.25) is 5.91 Å². The number of carbonyl (C=O) groups is 1. The van der Waals surface area contributed by atoms with Crippen LogP contribution in [0.2, 0.25) is 5.02 Å². The van der Waals surface area contributed by atoms with Crippen molar-refractivity contribution in [2.24, 2.45) is 5.92 Å². The van der Waals surface area contributed by atoms with Gasteiger partial charge >= 0.3 is 0 Å². The van der Waals surface area contributed by atoms with E-state index in [0.29, 0.717) is 11.4 Å². The minimum absolute atomic E-state index is 0.0248. The van der Waals surface area contributed by atoms with E-state index in [-0.39, 0.29) is 17.7 Å². The highest BCUT2D eigenvalue weighted by molar-refractivity contribution is 6.30. The van der Waals surface area contributed by atoms with Crippen LogP contribution in [0.4, 0.5) is 5.69 Å². The van der Waals surface area contributed by atoms with E-state index in [1.54, 1.807) is 13.2 Å². The predicted octanol–water partition coefficient (Wildman–Crippen LogP) is 4.82. The number of hydrogen-bond acceptors (Lipinski definition) is 2. The summed E-state index contributed by atoms with van der Waals surface area (Å²) < 4.78 is 5.24. The van der Waals surface area contributed by atoms with Crippen molar-refractivity contribution in [1.29, 1.82) is 0 Å². The normalized spacial score (nSPS) is 19.8. The smallest absolute Gasteiger partial charge is 0.228 e. The second-order valence-corrected chi connectivity index (χ2v) is 6.44. The van der Waals surface area contributed by atoms with Crippen LogP contribution < -0.4 is 10.1 Å². The van der Waals surface area contributed by atoms with Crippen molar-refractivity contribution in [2.45, 2.75) is 18.8 Å². The number of hydrogen-bond donors (Lipinski definition) is 1. The van der Waals surface area contributed by atoms with Crippen LogP contribution in [0, 0.1) is 5.92 Å². The predicted molar refractivity (Wildman–Crippen MR) is 97.8 cm³/mol. The third-order valence-electron chi connectivity index (χ3n) is 4.55. The Morgan fingerprint density at radius 3 is 2.71 bits per heavy atom. The van der Waals surface area contributed by atoms with Crippen LogP contribution in [0.25, 0.3) is 0 Å². The fraction of sp³-hybridized carbons (Fsp3) is 0.250. The highest BCUT2D eigenvalue weighted by Crippen LogP contribution is 2.38. The summed E-state index contributed by atoms with van der Waals surface area (Å²) in [5.74, 6) is 0.730. The van der Waals surface area contributed by atoms with Gasteiger partial charge in [-0.25, -0.2) is 0 Å². The van der Waals surface area contributed by atoms with Crippen LogP contribution in [0.5, 0.6) is 5.75 Å². The lowest BCUT2D eigenvalue weighted by Gasteiger charge is -2.23. The van der Waals surface area contributed by atoms with E-state index >= 15 is 0 Å². The van der Waals surface area contributed by atoms with Gasteiger partial charge in [-0.05, 0) is 60.2 Å². The molecule has 2 unspecified atom stereocenters. The van der Waals surface area contributed by atoms with E-state index in [2.05, 4.69) is 11.9 Å². The minimum Gasteiger partial charge on any atom is -0.497 e. The lowest BCUT2D eigenvalue weighted by atomic mass is 9.80. The van der Waals surface area contributed by atoms with Gasteiger partial charge < -0.3 is 10.1 Å². The Kier molecular flexibility index (Phi) is 4.91. The number of fused-ring (bicyclic) bond motifs is 1. The van der Waals surface area contributed by atoms with Crippen molar-refractivity contribution in [1.82, 2.24) is 0 Å². The number of nitrogens with one attached hydrogen (secondary N) is 1. The lowest BCUT2D eigenvalue weighted by Crippen LogP contribution is -2.26. The maximum atomic E-state index is 12.7. The van der Waals surface area contributed by atoms with Crippen LogP contribution in [-0.2, 0) is 11.2 Å². The number of benzene rings is 2. The van der Waals surface area contributed by atoms with Gasteiger partial charge in [-0.1, -0.05) is 29.8 Å². The van der Waals surface area contributed by atoms with Gasteiger partial charge in [0, 0.05) is 16.6 Å². The molecule has 1 aliphatic rings. The molecule has 1 N–H and O–H groups in total. The van der Waals surface area contributed by atoms with Gasteiger partial charge in [-0.3, -0.25) is 4.79 Å². The van der Waals surface area contributed by atoms with Gasteiger partial charge in [0.1, 0.15) is 5.75 Å². The van der Waals surface area contributed by atoms with Crippen molar-refractivity contribution in [3.63, 3.8) is 0 Å². The summed E-state index contributed by atoms with van der Waals surface area (Å²) >= 11 is 6.15. The molecule has 0 aromatic heterocycles. The first-order valence-corrected chi connectivity index (χ1v) is 8.34. The Morgan fingerprint density at radius 2 is 2.04 bits per heavy atom. The number of anilines is 1. The molecule has 2 aromatic rings. The molecular weight excluding hydrogens is 322 g/mol.